The van der Waals surface area contributed by atoms with Crippen molar-refractivity contribution in [1.82, 2.24) is 10.3 Å². The topological polar surface area (TPSA) is 81.1 Å². The van der Waals surface area contributed by atoms with E-state index >= 15 is 0 Å². The number of nitrogens with two attached hydrogens (primary N) is 1. The number of amides is 1. The maximum atomic E-state index is 12.3. The average Bonchev–Trinajstić information content (AvgIpc) is 2.97. The number of carbonyl (C=O) groups is 1. The van der Waals surface area contributed by atoms with E-state index in [1.54, 1.807) is 0 Å². The van der Waals surface area contributed by atoms with Gasteiger partial charge in [-0.2, -0.15) is 0 Å². The Labute approximate surface area is 148 Å². The van der Waals surface area contributed by atoms with Gasteiger partial charge in [0.05, 0.1) is 6.20 Å². The fraction of sp³-hybridized carbons (Fsp3) is 0.444. The molecule has 5 nitrogen and oxygen atoms in total. The van der Waals surface area contributed by atoms with Gasteiger partial charge in [0.1, 0.15) is 0 Å². The monoisotopic (exact) mass is 349 g/mol. The molecule has 3 rings (SSSR count). The molecule has 130 valence electrons. The summed E-state index contributed by atoms with van der Waals surface area (Å²) < 4.78 is 5.57. The van der Waals surface area contributed by atoms with Crippen LogP contribution in [-0.4, -0.2) is 23.0 Å². The first-order chi connectivity index (χ1) is 11.2. The number of nitrogens with one attached hydrogen (secondary N) is 1. The summed E-state index contributed by atoms with van der Waals surface area (Å²) in [6.07, 6.45) is 8.11. The Balaban J connectivity index is 0.00000208. The van der Waals surface area contributed by atoms with E-state index in [4.69, 9.17) is 10.2 Å². The van der Waals surface area contributed by atoms with Crippen LogP contribution in [0.1, 0.15) is 49.1 Å². The molecule has 2 aromatic rings. The maximum absolute atomic E-state index is 12.3. The lowest BCUT2D eigenvalue weighted by Gasteiger charge is -2.28. The van der Waals surface area contributed by atoms with Gasteiger partial charge in [-0.1, -0.05) is 43.9 Å². The van der Waals surface area contributed by atoms with Crippen molar-refractivity contribution < 1.29 is 9.21 Å². The largest absolute Gasteiger partial charge is 0.431 e. The van der Waals surface area contributed by atoms with Crippen LogP contribution in [0.2, 0.25) is 0 Å². The second-order valence-corrected chi connectivity index (χ2v) is 6.35. The highest BCUT2D eigenvalue weighted by atomic mass is 35.5. The number of aromatic nitrogens is 1. The highest BCUT2D eigenvalue weighted by Crippen LogP contribution is 2.24. The number of benzene rings is 1. The van der Waals surface area contributed by atoms with E-state index in [0.29, 0.717) is 12.4 Å². The zero-order chi connectivity index (χ0) is 16.1. The zero-order valence-electron chi connectivity index (χ0n) is 13.7. The second kappa shape index (κ2) is 8.31. The van der Waals surface area contributed by atoms with Crippen LogP contribution in [0.4, 0.5) is 0 Å². The SMILES string of the molecule is Cl.NC1(CNC(=O)c2cnc(-c3ccccc3)o2)CCCCCC1. The van der Waals surface area contributed by atoms with Crippen LogP contribution >= 0.6 is 12.4 Å². The summed E-state index contributed by atoms with van der Waals surface area (Å²) in [6.45, 7) is 0.479. The van der Waals surface area contributed by atoms with E-state index in [9.17, 15) is 4.79 Å². The summed E-state index contributed by atoms with van der Waals surface area (Å²) in [5.74, 6) is 0.419. The molecule has 24 heavy (non-hydrogen) atoms. The Bertz CT molecular complexity index is 649. The van der Waals surface area contributed by atoms with Gasteiger partial charge in [-0.15, -0.1) is 12.4 Å². The molecule has 0 radical (unpaired) electrons. The molecule has 1 amide bonds. The van der Waals surface area contributed by atoms with E-state index in [1.807, 2.05) is 30.3 Å². The van der Waals surface area contributed by atoms with Gasteiger partial charge < -0.3 is 15.5 Å². The van der Waals surface area contributed by atoms with Gasteiger partial charge in [0, 0.05) is 17.6 Å². The maximum Gasteiger partial charge on any atom is 0.288 e. The van der Waals surface area contributed by atoms with Gasteiger partial charge in [0.25, 0.3) is 5.91 Å². The van der Waals surface area contributed by atoms with Crippen molar-refractivity contribution in [1.29, 1.82) is 0 Å². The van der Waals surface area contributed by atoms with E-state index in [1.165, 1.54) is 19.0 Å². The minimum Gasteiger partial charge on any atom is -0.431 e. The van der Waals surface area contributed by atoms with Gasteiger partial charge >= 0.3 is 0 Å². The van der Waals surface area contributed by atoms with E-state index in [2.05, 4.69) is 10.3 Å². The smallest absolute Gasteiger partial charge is 0.288 e. The third kappa shape index (κ3) is 4.58. The van der Waals surface area contributed by atoms with Crippen molar-refractivity contribution in [2.75, 3.05) is 6.54 Å². The molecule has 1 aromatic carbocycles. The molecule has 6 heteroatoms. The first kappa shape index (κ1) is 18.5. The summed E-state index contributed by atoms with van der Waals surface area (Å²) in [5, 5.41) is 2.90. The van der Waals surface area contributed by atoms with Crippen LogP contribution in [0, 0.1) is 0 Å². The predicted octanol–water partition coefficient (Wildman–Crippen LogP) is 3.54. The van der Waals surface area contributed by atoms with Gasteiger partial charge in [0.15, 0.2) is 0 Å². The summed E-state index contributed by atoms with van der Waals surface area (Å²) in [6, 6.07) is 9.53. The van der Waals surface area contributed by atoms with E-state index < -0.39 is 0 Å². The number of oxazole rings is 1. The molecule has 3 N–H and O–H groups in total. The molecule has 0 unspecified atom stereocenters. The summed E-state index contributed by atoms with van der Waals surface area (Å²) in [4.78, 5) is 16.4. The number of nitrogens with zero attached hydrogens (tertiary/aromatic N) is 1. The van der Waals surface area contributed by atoms with Crippen LogP contribution in [0.15, 0.2) is 40.9 Å². The van der Waals surface area contributed by atoms with Crippen LogP contribution in [0.25, 0.3) is 11.5 Å². The van der Waals surface area contributed by atoms with Crippen molar-refractivity contribution in [3.05, 3.63) is 42.3 Å². The molecule has 0 aliphatic heterocycles. The molecule has 1 saturated carbocycles. The van der Waals surface area contributed by atoms with Crippen molar-refractivity contribution in [2.45, 2.75) is 44.1 Å². The number of halogens is 1. The second-order valence-electron chi connectivity index (χ2n) is 6.35. The van der Waals surface area contributed by atoms with Gasteiger partial charge in [-0.25, -0.2) is 4.98 Å². The fourth-order valence-electron chi connectivity index (χ4n) is 3.05. The average molecular weight is 350 g/mol. The number of carbonyl (C=O) groups excluding carboxylic acids is 1. The Hall–Kier alpha value is -1.85. The first-order valence-corrected chi connectivity index (χ1v) is 8.25. The lowest BCUT2D eigenvalue weighted by atomic mass is 9.91. The van der Waals surface area contributed by atoms with Crippen LogP contribution in [0.5, 0.6) is 0 Å². The van der Waals surface area contributed by atoms with Crippen LogP contribution in [0.3, 0.4) is 0 Å². The molecule has 0 atom stereocenters. The summed E-state index contributed by atoms with van der Waals surface area (Å²) >= 11 is 0. The van der Waals surface area contributed by atoms with Gasteiger partial charge in [-0.05, 0) is 25.0 Å². The molecule has 0 spiro atoms. The van der Waals surface area contributed by atoms with Crippen molar-refractivity contribution in [3.63, 3.8) is 0 Å². The van der Waals surface area contributed by atoms with E-state index in [-0.39, 0.29) is 29.6 Å². The highest BCUT2D eigenvalue weighted by Gasteiger charge is 2.27. The Kier molecular flexibility index (Phi) is 6.40. The standard InChI is InChI=1S/C18H23N3O2.ClH/c19-18(10-6-1-2-7-11-18)13-21-16(22)15-12-20-17(23-15)14-8-4-3-5-9-14;/h3-5,8-9,12H,1-2,6-7,10-11,13,19H2,(H,21,22);1H. The Morgan fingerprint density at radius 3 is 2.50 bits per heavy atom. The lowest BCUT2D eigenvalue weighted by Crippen LogP contribution is -2.49. The van der Waals surface area contributed by atoms with Crippen LogP contribution < -0.4 is 11.1 Å². The molecule has 1 aliphatic carbocycles. The van der Waals surface area contributed by atoms with Gasteiger partial charge in [-0.3, -0.25) is 4.79 Å². The molecular formula is C18H24ClN3O2. The quantitative estimate of drug-likeness (QED) is 0.827. The summed E-state index contributed by atoms with van der Waals surface area (Å²) in [7, 11) is 0. The molecular weight excluding hydrogens is 326 g/mol. The minimum absolute atomic E-state index is 0. The number of hydrogen-bond acceptors (Lipinski definition) is 4. The van der Waals surface area contributed by atoms with Crippen LogP contribution in [-0.2, 0) is 0 Å². The van der Waals surface area contributed by atoms with Crippen molar-refractivity contribution in [3.8, 4) is 11.5 Å². The number of hydrogen-bond donors (Lipinski definition) is 2. The Morgan fingerprint density at radius 1 is 1.17 bits per heavy atom. The fourth-order valence-corrected chi connectivity index (χ4v) is 3.05. The molecule has 1 aromatic heterocycles. The summed E-state index contributed by atoms with van der Waals surface area (Å²) in [5.41, 5.74) is 6.98. The molecule has 1 fully saturated rings. The minimum atomic E-state index is -0.297. The Morgan fingerprint density at radius 2 is 1.83 bits per heavy atom. The lowest BCUT2D eigenvalue weighted by molar-refractivity contribution is 0.0914. The third-order valence-electron chi connectivity index (χ3n) is 4.45. The third-order valence-corrected chi connectivity index (χ3v) is 4.45. The zero-order valence-corrected chi connectivity index (χ0v) is 14.5. The van der Waals surface area contributed by atoms with Gasteiger partial charge in [0.2, 0.25) is 11.7 Å². The molecule has 1 heterocycles. The van der Waals surface area contributed by atoms with E-state index in [0.717, 1.165) is 31.2 Å². The number of rotatable bonds is 4. The van der Waals surface area contributed by atoms with Crippen molar-refractivity contribution in [2.24, 2.45) is 5.73 Å². The van der Waals surface area contributed by atoms with Crippen molar-refractivity contribution >= 4 is 18.3 Å². The molecule has 0 bridgehead atoms. The first-order valence-electron chi connectivity index (χ1n) is 8.25. The molecule has 1 aliphatic rings. The highest BCUT2D eigenvalue weighted by molar-refractivity contribution is 5.91. The normalized spacial score (nSPS) is 16.7. The molecule has 0 saturated heterocycles. The predicted molar refractivity (Wildman–Crippen MR) is 96.1 cm³/mol.